The molecule has 0 saturated carbocycles. The van der Waals surface area contributed by atoms with Crippen molar-refractivity contribution in [2.45, 2.75) is 20.0 Å². The van der Waals surface area contributed by atoms with Crippen LogP contribution < -0.4 is 10.6 Å². The van der Waals surface area contributed by atoms with Gasteiger partial charge in [-0.15, -0.1) is 0 Å². The molecular formula is C14H17ClN2O. The van der Waals surface area contributed by atoms with Crippen LogP contribution in [0.3, 0.4) is 0 Å². The molecule has 2 aromatic rings. The van der Waals surface area contributed by atoms with Gasteiger partial charge in [-0.3, -0.25) is 0 Å². The molecular weight excluding hydrogens is 248 g/mol. The van der Waals surface area contributed by atoms with E-state index in [0.29, 0.717) is 13.1 Å². The van der Waals surface area contributed by atoms with Crippen molar-refractivity contribution in [3.05, 3.63) is 52.9 Å². The molecule has 0 spiro atoms. The van der Waals surface area contributed by atoms with Gasteiger partial charge in [-0.2, -0.15) is 0 Å². The molecule has 0 atom stereocenters. The van der Waals surface area contributed by atoms with Gasteiger partial charge in [0.2, 0.25) is 0 Å². The van der Waals surface area contributed by atoms with Crippen LogP contribution in [-0.4, -0.2) is 6.54 Å². The fraction of sp³-hybridized carbons (Fsp3) is 0.286. The van der Waals surface area contributed by atoms with E-state index in [-0.39, 0.29) is 0 Å². The van der Waals surface area contributed by atoms with Crippen molar-refractivity contribution in [1.29, 1.82) is 0 Å². The second kappa shape index (κ2) is 5.94. The van der Waals surface area contributed by atoms with Crippen molar-refractivity contribution in [3.8, 4) is 0 Å². The summed E-state index contributed by atoms with van der Waals surface area (Å²) in [6.07, 6.45) is 1.68. The molecule has 0 amide bonds. The van der Waals surface area contributed by atoms with Gasteiger partial charge >= 0.3 is 0 Å². The Morgan fingerprint density at radius 3 is 2.72 bits per heavy atom. The number of hydrogen-bond donors (Lipinski definition) is 1. The van der Waals surface area contributed by atoms with E-state index in [9.17, 15) is 0 Å². The molecule has 1 heterocycles. The van der Waals surface area contributed by atoms with Crippen LogP contribution in [0.15, 0.2) is 41.0 Å². The third-order valence-corrected chi connectivity index (χ3v) is 3.22. The van der Waals surface area contributed by atoms with Gasteiger partial charge in [0.1, 0.15) is 5.76 Å². The monoisotopic (exact) mass is 264 g/mol. The van der Waals surface area contributed by atoms with Crippen LogP contribution >= 0.6 is 11.6 Å². The standard InChI is InChI=1S/C14H17ClN2O/c1-2-17(10-12-6-4-8-18-12)14-11(9-16)5-3-7-13(14)15/h3-8H,2,9-10,16H2,1H3. The number of nitrogens with zero attached hydrogens (tertiary/aromatic N) is 1. The zero-order chi connectivity index (χ0) is 13.0. The average molecular weight is 265 g/mol. The van der Waals surface area contributed by atoms with Crippen molar-refractivity contribution >= 4 is 17.3 Å². The van der Waals surface area contributed by atoms with Gasteiger partial charge in [0, 0.05) is 13.1 Å². The average Bonchev–Trinajstić information content (AvgIpc) is 2.89. The Morgan fingerprint density at radius 2 is 2.11 bits per heavy atom. The molecule has 0 saturated heterocycles. The topological polar surface area (TPSA) is 42.4 Å². The lowest BCUT2D eigenvalue weighted by molar-refractivity contribution is 0.503. The summed E-state index contributed by atoms with van der Waals surface area (Å²) in [6, 6.07) is 9.67. The highest BCUT2D eigenvalue weighted by molar-refractivity contribution is 6.33. The van der Waals surface area contributed by atoms with Gasteiger partial charge in [-0.05, 0) is 30.7 Å². The van der Waals surface area contributed by atoms with Crippen LogP contribution in [0.5, 0.6) is 0 Å². The van der Waals surface area contributed by atoms with Gasteiger partial charge in [-0.1, -0.05) is 23.7 Å². The fourth-order valence-electron chi connectivity index (χ4n) is 2.02. The minimum absolute atomic E-state index is 0.477. The summed E-state index contributed by atoms with van der Waals surface area (Å²) in [5, 5.41) is 0.728. The highest BCUT2D eigenvalue weighted by Crippen LogP contribution is 2.30. The van der Waals surface area contributed by atoms with E-state index >= 15 is 0 Å². The highest BCUT2D eigenvalue weighted by Gasteiger charge is 2.14. The van der Waals surface area contributed by atoms with E-state index in [0.717, 1.165) is 28.6 Å². The Morgan fingerprint density at radius 1 is 1.28 bits per heavy atom. The molecule has 0 aliphatic rings. The third kappa shape index (κ3) is 2.68. The molecule has 4 heteroatoms. The molecule has 3 nitrogen and oxygen atoms in total. The predicted octanol–water partition coefficient (Wildman–Crippen LogP) is 3.42. The molecule has 0 fully saturated rings. The van der Waals surface area contributed by atoms with Crippen molar-refractivity contribution in [3.63, 3.8) is 0 Å². The van der Waals surface area contributed by atoms with E-state index in [4.69, 9.17) is 21.8 Å². The summed E-state index contributed by atoms with van der Waals surface area (Å²) >= 11 is 6.29. The molecule has 18 heavy (non-hydrogen) atoms. The fourth-order valence-corrected chi connectivity index (χ4v) is 2.33. The smallest absolute Gasteiger partial charge is 0.123 e. The van der Waals surface area contributed by atoms with Crippen LogP contribution in [0, 0.1) is 0 Å². The number of halogens is 1. The molecule has 0 unspecified atom stereocenters. The molecule has 0 bridgehead atoms. The van der Waals surface area contributed by atoms with Crippen molar-refractivity contribution in [1.82, 2.24) is 0 Å². The first-order chi connectivity index (χ1) is 8.76. The van der Waals surface area contributed by atoms with Crippen LogP contribution in [-0.2, 0) is 13.1 Å². The van der Waals surface area contributed by atoms with E-state index in [2.05, 4.69) is 11.8 Å². The maximum Gasteiger partial charge on any atom is 0.123 e. The molecule has 2 N–H and O–H groups in total. The molecule has 1 aromatic heterocycles. The molecule has 0 radical (unpaired) electrons. The quantitative estimate of drug-likeness (QED) is 0.900. The van der Waals surface area contributed by atoms with Gasteiger partial charge in [-0.25, -0.2) is 0 Å². The minimum Gasteiger partial charge on any atom is -0.467 e. The Bertz CT molecular complexity index is 497. The Hall–Kier alpha value is -1.45. The molecule has 96 valence electrons. The highest BCUT2D eigenvalue weighted by atomic mass is 35.5. The summed E-state index contributed by atoms with van der Waals surface area (Å²) in [7, 11) is 0. The number of para-hydroxylation sites is 1. The lowest BCUT2D eigenvalue weighted by atomic mass is 10.1. The predicted molar refractivity (Wildman–Crippen MR) is 74.8 cm³/mol. The summed E-state index contributed by atoms with van der Waals surface area (Å²) in [5.41, 5.74) is 7.83. The van der Waals surface area contributed by atoms with E-state index in [1.54, 1.807) is 6.26 Å². The lowest BCUT2D eigenvalue weighted by Crippen LogP contribution is -2.24. The minimum atomic E-state index is 0.477. The molecule has 2 rings (SSSR count). The number of furan rings is 1. The van der Waals surface area contributed by atoms with Crippen LogP contribution in [0.4, 0.5) is 5.69 Å². The number of anilines is 1. The normalized spacial score (nSPS) is 10.6. The largest absolute Gasteiger partial charge is 0.467 e. The van der Waals surface area contributed by atoms with Crippen molar-refractivity contribution in [2.24, 2.45) is 5.73 Å². The lowest BCUT2D eigenvalue weighted by Gasteiger charge is -2.25. The molecule has 1 aromatic carbocycles. The Labute approximate surface area is 112 Å². The van der Waals surface area contributed by atoms with Gasteiger partial charge in [0.15, 0.2) is 0 Å². The first kappa shape index (κ1) is 13.0. The second-order valence-corrected chi connectivity index (χ2v) is 4.45. The molecule has 0 aliphatic heterocycles. The number of rotatable bonds is 5. The SMILES string of the molecule is CCN(Cc1ccco1)c1c(Cl)cccc1CN. The number of benzene rings is 1. The summed E-state index contributed by atoms with van der Waals surface area (Å²) in [6.45, 7) is 4.11. The van der Waals surface area contributed by atoms with Crippen molar-refractivity contribution in [2.75, 3.05) is 11.4 Å². The zero-order valence-corrected chi connectivity index (χ0v) is 11.2. The first-order valence-corrected chi connectivity index (χ1v) is 6.38. The first-order valence-electron chi connectivity index (χ1n) is 6.01. The van der Waals surface area contributed by atoms with Gasteiger partial charge < -0.3 is 15.1 Å². The van der Waals surface area contributed by atoms with Crippen LogP contribution in [0.25, 0.3) is 0 Å². The summed E-state index contributed by atoms with van der Waals surface area (Å²) < 4.78 is 5.38. The third-order valence-electron chi connectivity index (χ3n) is 2.92. The second-order valence-electron chi connectivity index (χ2n) is 4.05. The summed E-state index contributed by atoms with van der Waals surface area (Å²) in [4.78, 5) is 2.17. The zero-order valence-electron chi connectivity index (χ0n) is 10.4. The number of nitrogens with two attached hydrogens (primary N) is 1. The summed E-state index contributed by atoms with van der Waals surface area (Å²) in [5.74, 6) is 0.916. The Balaban J connectivity index is 2.32. The molecule has 0 aliphatic carbocycles. The van der Waals surface area contributed by atoms with Crippen molar-refractivity contribution < 1.29 is 4.42 Å². The van der Waals surface area contributed by atoms with Gasteiger partial charge in [0.25, 0.3) is 0 Å². The maximum atomic E-state index is 6.29. The Kier molecular flexibility index (Phi) is 4.28. The number of hydrogen-bond acceptors (Lipinski definition) is 3. The van der Waals surface area contributed by atoms with Crippen LogP contribution in [0.1, 0.15) is 18.2 Å². The van der Waals surface area contributed by atoms with E-state index in [1.165, 1.54) is 0 Å². The van der Waals surface area contributed by atoms with Gasteiger partial charge in [0.05, 0.1) is 23.5 Å². The van der Waals surface area contributed by atoms with Crippen LogP contribution in [0.2, 0.25) is 5.02 Å². The van der Waals surface area contributed by atoms with E-state index in [1.807, 2.05) is 30.3 Å². The van der Waals surface area contributed by atoms with E-state index < -0.39 is 0 Å². The maximum absolute atomic E-state index is 6.29.